The minimum absolute atomic E-state index is 0.0187. The molecule has 1 fully saturated rings. The number of ether oxygens (including phenoxy) is 2. The van der Waals surface area contributed by atoms with E-state index in [1.807, 2.05) is 6.92 Å². The molecule has 1 heterocycles. The van der Waals surface area contributed by atoms with Gasteiger partial charge in [-0.3, -0.25) is 19.8 Å². The van der Waals surface area contributed by atoms with Crippen molar-refractivity contribution in [2.75, 3.05) is 18.1 Å². The Hall–Kier alpha value is -2.97. The molecule has 2 aromatic rings. The van der Waals surface area contributed by atoms with Crippen LogP contribution in [-0.2, 0) is 9.59 Å². The lowest BCUT2D eigenvalue weighted by Gasteiger charge is -2.29. The maximum Gasteiger partial charge on any atom is 0.270 e. The SMILES string of the molecule is C=CCOc1ccc(/C=C2/C(=O)NC(=S)N(c3cccc(OCC)c3)C2=O)cc1Br. The molecular weight excluding hydrogens is 468 g/mol. The monoisotopic (exact) mass is 486 g/mol. The number of hydrogen-bond donors (Lipinski definition) is 1. The molecule has 3 rings (SSSR count). The van der Waals surface area contributed by atoms with Crippen LogP contribution in [0.5, 0.6) is 11.5 Å². The van der Waals surface area contributed by atoms with Gasteiger partial charge in [0.2, 0.25) is 0 Å². The first kappa shape index (κ1) is 21.7. The highest BCUT2D eigenvalue weighted by Gasteiger charge is 2.34. The summed E-state index contributed by atoms with van der Waals surface area (Å²) in [5.41, 5.74) is 1.13. The molecule has 0 unspecified atom stereocenters. The Balaban J connectivity index is 1.93. The molecule has 30 heavy (non-hydrogen) atoms. The van der Waals surface area contributed by atoms with Gasteiger partial charge in [-0.2, -0.15) is 0 Å². The number of halogens is 1. The van der Waals surface area contributed by atoms with Crippen LogP contribution in [0, 0.1) is 0 Å². The Bertz CT molecular complexity index is 1050. The zero-order valence-electron chi connectivity index (χ0n) is 16.2. The number of nitrogens with one attached hydrogen (secondary N) is 1. The van der Waals surface area contributed by atoms with Crippen LogP contribution in [0.1, 0.15) is 12.5 Å². The van der Waals surface area contributed by atoms with E-state index in [0.717, 1.165) is 0 Å². The molecule has 1 N–H and O–H groups in total. The molecule has 0 atom stereocenters. The van der Waals surface area contributed by atoms with Crippen molar-refractivity contribution in [3.8, 4) is 11.5 Å². The van der Waals surface area contributed by atoms with Crippen LogP contribution in [0.2, 0.25) is 0 Å². The summed E-state index contributed by atoms with van der Waals surface area (Å²) >= 11 is 8.67. The van der Waals surface area contributed by atoms with E-state index in [0.29, 0.717) is 40.4 Å². The fourth-order valence-corrected chi connectivity index (χ4v) is 3.60. The number of anilines is 1. The van der Waals surface area contributed by atoms with Crippen molar-refractivity contribution < 1.29 is 19.1 Å². The highest BCUT2D eigenvalue weighted by Crippen LogP contribution is 2.29. The predicted molar refractivity (Wildman–Crippen MR) is 124 cm³/mol. The molecule has 0 aliphatic carbocycles. The van der Waals surface area contributed by atoms with Gasteiger partial charge in [0.15, 0.2) is 5.11 Å². The minimum atomic E-state index is -0.551. The van der Waals surface area contributed by atoms with Gasteiger partial charge in [0.05, 0.1) is 16.8 Å². The van der Waals surface area contributed by atoms with E-state index in [1.165, 1.54) is 11.0 Å². The molecule has 1 saturated heterocycles. The van der Waals surface area contributed by atoms with E-state index in [1.54, 1.807) is 48.5 Å². The van der Waals surface area contributed by atoms with Crippen molar-refractivity contribution in [1.29, 1.82) is 0 Å². The van der Waals surface area contributed by atoms with Gasteiger partial charge in [-0.05, 0) is 71.0 Å². The molecule has 2 aromatic carbocycles. The van der Waals surface area contributed by atoms with E-state index in [4.69, 9.17) is 21.7 Å². The minimum Gasteiger partial charge on any atom is -0.494 e. The van der Waals surface area contributed by atoms with Crippen molar-refractivity contribution in [3.05, 3.63) is 70.7 Å². The highest BCUT2D eigenvalue weighted by atomic mass is 79.9. The van der Waals surface area contributed by atoms with Crippen molar-refractivity contribution in [2.24, 2.45) is 0 Å². The lowest BCUT2D eigenvalue weighted by Crippen LogP contribution is -2.54. The number of rotatable bonds is 7. The Kier molecular flexibility index (Phi) is 7.02. The third-order valence-electron chi connectivity index (χ3n) is 4.11. The molecule has 1 aliphatic heterocycles. The lowest BCUT2D eigenvalue weighted by atomic mass is 10.1. The molecule has 6 nitrogen and oxygen atoms in total. The number of amides is 2. The van der Waals surface area contributed by atoms with Crippen molar-refractivity contribution in [1.82, 2.24) is 5.32 Å². The summed E-state index contributed by atoms with van der Waals surface area (Å²) in [6.45, 7) is 6.35. The first-order valence-electron chi connectivity index (χ1n) is 9.12. The summed E-state index contributed by atoms with van der Waals surface area (Å²) in [7, 11) is 0. The maximum atomic E-state index is 13.1. The summed E-state index contributed by atoms with van der Waals surface area (Å²) in [5, 5.41) is 2.59. The van der Waals surface area contributed by atoms with Gasteiger partial charge in [0, 0.05) is 6.07 Å². The Morgan fingerprint density at radius 2 is 2.00 bits per heavy atom. The number of carbonyl (C=O) groups is 2. The van der Waals surface area contributed by atoms with Gasteiger partial charge in [-0.1, -0.05) is 24.8 Å². The van der Waals surface area contributed by atoms with Crippen LogP contribution in [0.3, 0.4) is 0 Å². The Morgan fingerprint density at radius 3 is 2.70 bits per heavy atom. The maximum absolute atomic E-state index is 13.1. The van der Waals surface area contributed by atoms with E-state index >= 15 is 0 Å². The molecular formula is C22H19BrN2O4S. The third-order valence-corrected chi connectivity index (χ3v) is 5.02. The van der Waals surface area contributed by atoms with Crippen molar-refractivity contribution in [2.45, 2.75) is 6.92 Å². The molecule has 0 spiro atoms. The second kappa shape index (κ2) is 9.69. The fourth-order valence-electron chi connectivity index (χ4n) is 2.81. The summed E-state index contributed by atoms with van der Waals surface area (Å²) in [4.78, 5) is 26.9. The summed E-state index contributed by atoms with van der Waals surface area (Å²) in [5.74, 6) is 0.171. The van der Waals surface area contributed by atoms with Gasteiger partial charge in [0.25, 0.3) is 11.8 Å². The number of thiocarbonyl (C=S) groups is 1. The number of hydrogen-bond acceptors (Lipinski definition) is 5. The molecule has 2 amide bonds. The summed E-state index contributed by atoms with van der Waals surface area (Å²) in [6.07, 6.45) is 3.16. The van der Waals surface area contributed by atoms with Gasteiger partial charge >= 0.3 is 0 Å². The largest absolute Gasteiger partial charge is 0.494 e. The second-order valence-electron chi connectivity index (χ2n) is 6.18. The van der Waals surface area contributed by atoms with E-state index in [-0.39, 0.29) is 10.7 Å². The zero-order chi connectivity index (χ0) is 21.7. The molecule has 1 aliphatic rings. The number of benzene rings is 2. The van der Waals surface area contributed by atoms with E-state index in [9.17, 15) is 9.59 Å². The van der Waals surface area contributed by atoms with Gasteiger partial charge in [-0.25, -0.2) is 0 Å². The Morgan fingerprint density at radius 1 is 1.20 bits per heavy atom. The quantitative estimate of drug-likeness (QED) is 0.274. The topological polar surface area (TPSA) is 67.9 Å². The van der Waals surface area contributed by atoms with Gasteiger partial charge in [0.1, 0.15) is 23.7 Å². The molecule has 0 aromatic heterocycles. The fraction of sp³-hybridized carbons (Fsp3) is 0.136. The summed E-state index contributed by atoms with van der Waals surface area (Å²) in [6, 6.07) is 12.2. The van der Waals surface area contributed by atoms with Gasteiger partial charge in [-0.15, -0.1) is 0 Å². The van der Waals surface area contributed by atoms with Crippen LogP contribution in [-0.4, -0.2) is 30.1 Å². The van der Waals surface area contributed by atoms with Crippen molar-refractivity contribution >= 4 is 56.8 Å². The average Bonchev–Trinajstić information content (AvgIpc) is 2.71. The molecule has 0 radical (unpaired) electrons. The van der Waals surface area contributed by atoms with Crippen LogP contribution >= 0.6 is 28.1 Å². The third kappa shape index (κ3) is 4.77. The summed E-state index contributed by atoms with van der Waals surface area (Å²) < 4.78 is 11.7. The second-order valence-corrected chi connectivity index (χ2v) is 7.42. The first-order valence-corrected chi connectivity index (χ1v) is 10.3. The molecule has 154 valence electrons. The van der Waals surface area contributed by atoms with E-state index < -0.39 is 11.8 Å². The molecule has 0 bridgehead atoms. The van der Waals surface area contributed by atoms with Crippen molar-refractivity contribution in [3.63, 3.8) is 0 Å². The Labute approximate surface area is 188 Å². The van der Waals surface area contributed by atoms with Crippen LogP contribution < -0.4 is 19.7 Å². The molecule has 8 heteroatoms. The van der Waals surface area contributed by atoms with E-state index in [2.05, 4.69) is 27.8 Å². The highest BCUT2D eigenvalue weighted by molar-refractivity contribution is 9.10. The number of nitrogens with zero attached hydrogens (tertiary/aromatic N) is 1. The molecule has 0 saturated carbocycles. The normalized spacial score (nSPS) is 15.2. The average molecular weight is 487 g/mol. The van der Waals surface area contributed by atoms with Crippen LogP contribution in [0.15, 0.2) is 65.2 Å². The standard InChI is InChI=1S/C22H19BrN2O4S/c1-3-10-29-19-9-8-14(12-18(19)23)11-17-20(26)24-22(30)25(21(17)27)15-6-5-7-16(13-15)28-4-2/h3,5-9,11-13H,1,4,10H2,2H3,(H,24,26,30)/b17-11-. The smallest absolute Gasteiger partial charge is 0.270 e. The predicted octanol–water partition coefficient (Wildman–Crippen LogP) is 4.24. The number of carbonyl (C=O) groups excluding carboxylic acids is 2. The van der Waals surface area contributed by atoms with Gasteiger partial charge < -0.3 is 9.47 Å². The lowest BCUT2D eigenvalue weighted by molar-refractivity contribution is -0.122. The first-order chi connectivity index (χ1) is 14.4. The van der Waals surface area contributed by atoms with Crippen LogP contribution in [0.25, 0.3) is 6.08 Å². The zero-order valence-corrected chi connectivity index (χ0v) is 18.6. The van der Waals surface area contributed by atoms with Crippen LogP contribution in [0.4, 0.5) is 5.69 Å².